The van der Waals surface area contributed by atoms with Gasteiger partial charge in [0, 0.05) is 30.3 Å². The standard InChI is InChI=1S/C40H54N6O5/c1-26-17-30(18-27(2)35(26)50-6)40-14-11-39(12-15-40,13-16-40)24-45(34-19-33(41-25-42-34)29-20-43-46(21-29)38(3,4)5)36(48)28-7-9-32(10-8-28)51-37(49)44-22-31(47)23-44/h17-21,25,28,31-32,47H,7-16,22-24H2,1-6H3. The average molecular weight is 699 g/mol. The van der Waals surface area contributed by atoms with Crippen molar-refractivity contribution in [3.05, 3.63) is 53.6 Å². The Bertz CT molecular complexity index is 1720. The van der Waals surface area contributed by atoms with E-state index in [4.69, 9.17) is 14.5 Å². The molecule has 274 valence electrons. The Morgan fingerprint density at radius 3 is 2.18 bits per heavy atom. The van der Waals surface area contributed by atoms with Gasteiger partial charge in [-0.05, 0) is 126 Å². The number of aliphatic hydroxyl groups is 1. The van der Waals surface area contributed by atoms with E-state index in [1.165, 1.54) is 21.6 Å². The second kappa shape index (κ2) is 13.5. The van der Waals surface area contributed by atoms with Crippen LogP contribution in [-0.2, 0) is 20.5 Å². The number of rotatable bonds is 8. The monoisotopic (exact) mass is 698 g/mol. The van der Waals surface area contributed by atoms with Gasteiger partial charge in [0.1, 0.15) is 24.0 Å². The van der Waals surface area contributed by atoms with E-state index < -0.39 is 6.10 Å². The quantitative estimate of drug-likeness (QED) is 0.275. The Morgan fingerprint density at radius 2 is 1.61 bits per heavy atom. The lowest BCUT2D eigenvalue weighted by Gasteiger charge is -2.55. The maximum atomic E-state index is 14.7. The lowest BCUT2D eigenvalue weighted by atomic mass is 9.51. The minimum Gasteiger partial charge on any atom is -0.496 e. The number of β-amino-alcohol motifs (C(OH)–C–C–N with tert-alkyl or cyclic N) is 1. The van der Waals surface area contributed by atoms with Crippen molar-refractivity contribution < 1.29 is 24.2 Å². The van der Waals surface area contributed by atoms with Crippen LogP contribution in [0, 0.1) is 25.2 Å². The number of hydrogen-bond donors (Lipinski definition) is 1. The fourth-order valence-corrected chi connectivity index (χ4v) is 9.06. The van der Waals surface area contributed by atoms with Gasteiger partial charge in [0.15, 0.2) is 0 Å². The highest BCUT2D eigenvalue weighted by Gasteiger charge is 2.51. The Morgan fingerprint density at radius 1 is 0.961 bits per heavy atom. The third-order valence-electron chi connectivity index (χ3n) is 12.3. The molecule has 0 spiro atoms. The van der Waals surface area contributed by atoms with Gasteiger partial charge in [0.2, 0.25) is 5.91 Å². The van der Waals surface area contributed by atoms with E-state index in [0.717, 1.165) is 55.5 Å². The highest BCUT2D eigenvalue weighted by atomic mass is 16.6. The number of benzene rings is 1. The fraction of sp³-hybridized carbons (Fsp3) is 0.625. The Labute approximate surface area is 301 Å². The molecule has 1 aromatic carbocycles. The second-order valence-corrected chi connectivity index (χ2v) is 16.9. The van der Waals surface area contributed by atoms with Gasteiger partial charge in [-0.25, -0.2) is 14.8 Å². The summed E-state index contributed by atoms with van der Waals surface area (Å²) in [4.78, 5) is 40.0. The Hall–Kier alpha value is -3.99. The number of aromatic nitrogens is 4. The molecule has 0 atom stereocenters. The molecule has 1 aliphatic heterocycles. The highest BCUT2D eigenvalue weighted by Crippen LogP contribution is 2.58. The summed E-state index contributed by atoms with van der Waals surface area (Å²) in [7, 11) is 1.75. The average Bonchev–Trinajstić information content (AvgIpc) is 3.62. The first-order chi connectivity index (χ1) is 24.3. The molecule has 1 N–H and O–H groups in total. The van der Waals surface area contributed by atoms with E-state index in [-0.39, 0.29) is 40.4 Å². The summed E-state index contributed by atoms with van der Waals surface area (Å²) >= 11 is 0. The molecular weight excluding hydrogens is 644 g/mol. The molecule has 5 aliphatic rings. The normalized spacial score (nSPS) is 26.5. The minimum absolute atomic E-state index is 0.0186. The van der Waals surface area contributed by atoms with Crippen molar-refractivity contribution in [1.29, 1.82) is 0 Å². The van der Waals surface area contributed by atoms with Crippen molar-refractivity contribution in [2.45, 2.75) is 122 Å². The zero-order chi connectivity index (χ0) is 36.1. The zero-order valence-electron chi connectivity index (χ0n) is 31.2. The number of fused-ring (bicyclic) bond motifs is 3. The third kappa shape index (κ3) is 6.98. The first-order valence-corrected chi connectivity index (χ1v) is 18.8. The van der Waals surface area contributed by atoms with Gasteiger partial charge >= 0.3 is 6.09 Å². The molecule has 2 amide bonds. The van der Waals surface area contributed by atoms with Crippen LogP contribution >= 0.6 is 0 Å². The molecule has 2 aromatic heterocycles. The molecular formula is C40H54N6O5. The lowest BCUT2D eigenvalue weighted by Crippen LogP contribution is -2.54. The molecule has 11 heteroatoms. The van der Waals surface area contributed by atoms with Crippen LogP contribution in [-0.4, -0.2) is 80.7 Å². The molecule has 5 fully saturated rings. The summed E-state index contributed by atoms with van der Waals surface area (Å²) in [5, 5.41) is 14.2. The summed E-state index contributed by atoms with van der Waals surface area (Å²) in [6.07, 6.45) is 13.4. The minimum atomic E-state index is -0.464. The lowest BCUT2D eigenvalue weighted by molar-refractivity contribution is -0.124. The van der Waals surface area contributed by atoms with E-state index in [1.807, 2.05) is 28.0 Å². The maximum Gasteiger partial charge on any atom is 0.410 e. The summed E-state index contributed by atoms with van der Waals surface area (Å²) in [5.74, 6) is 1.53. The van der Waals surface area contributed by atoms with Crippen LogP contribution in [0.5, 0.6) is 5.75 Å². The third-order valence-corrected chi connectivity index (χ3v) is 12.3. The molecule has 51 heavy (non-hydrogen) atoms. The number of anilines is 1. The topological polar surface area (TPSA) is 123 Å². The Balaban J connectivity index is 1.11. The van der Waals surface area contributed by atoms with Gasteiger partial charge < -0.3 is 19.5 Å². The van der Waals surface area contributed by atoms with E-state index in [9.17, 15) is 14.7 Å². The summed E-state index contributed by atoms with van der Waals surface area (Å²) in [6, 6.07) is 6.63. The van der Waals surface area contributed by atoms with Crippen molar-refractivity contribution >= 4 is 17.8 Å². The predicted molar refractivity (Wildman–Crippen MR) is 195 cm³/mol. The van der Waals surface area contributed by atoms with Crippen LogP contribution in [0.3, 0.4) is 0 Å². The largest absolute Gasteiger partial charge is 0.496 e. The van der Waals surface area contributed by atoms with Gasteiger partial charge in [-0.15, -0.1) is 0 Å². The van der Waals surface area contributed by atoms with Crippen LogP contribution < -0.4 is 9.64 Å². The van der Waals surface area contributed by atoms with Gasteiger partial charge in [-0.3, -0.25) is 14.4 Å². The number of likely N-dealkylation sites (tertiary alicyclic amines) is 1. The van der Waals surface area contributed by atoms with Crippen molar-refractivity contribution in [2.75, 3.05) is 31.6 Å². The number of hydrogen-bond acceptors (Lipinski definition) is 8. The highest BCUT2D eigenvalue weighted by molar-refractivity contribution is 5.94. The number of methoxy groups -OCH3 is 1. The summed E-state index contributed by atoms with van der Waals surface area (Å²) in [5.41, 5.74) is 5.46. The van der Waals surface area contributed by atoms with Crippen LogP contribution in [0.1, 0.15) is 102 Å². The molecule has 4 saturated carbocycles. The maximum absolute atomic E-state index is 14.7. The number of carbonyl (C=O) groups excluding carboxylic acids is 2. The van der Waals surface area contributed by atoms with E-state index in [2.05, 4.69) is 56.8 Å². The van der Waals surface area contributed by atoms with Crippen LogP contribution in [0.25, 0.3) is 11.3 Å². The smallest absolute Gasteiger partial charge is 0.410 e. The van der Waals surface area contributed by atoms with Gasteiger partial charge in [-0.2, -0.15) is 5.10 Å². The number of amides is 2. The molecule has 11 nitrogen and oxygen atoms in total. The van der Waals surface area contributed by atoms with Gasteiger partial charge in [0.25, 0.3) is 0 Å². The number of carbonyl (C=O) groups is 2. The molecule has 0 unspecified atom stereocenters. The first-order valence-electron chi connectivity index (χ1n) is 18.8. The van der Waals surface area contributed by atoms with Crippen LogP contribution in [0.4, 0.5) is 10.6 Å². The molecule has 3 heterocycles. The Kier molecular flexibility index (Phi) is 9.39. The molecule has 8 rings (SSSR count). The molecule has 4 aliphatic carbocycles. The second-order valence-electron chi connectivity index (χ2n) is 16.9. The van der Waals surface area contributed by atoms with Crippen LogP contribution in [0.2, 0.25) is 0 Å². The van der Waals surface area contributed by atoms with Crippen molar-refractivity contribution in [3.63, 3.8) is 0 Å². The summed E-state index contributed by atoms with van der Waals surface area (Å²) in [6.45, 7) is 11.9. The number of ether oxygens (including phenoxy) is 2. The van der Waals surface area contributed by atoms with Crippen molar-refractivity contribution in [2.24, 2.45) is 11.3 Å². The SMILES string of the molecule is COc1c(C)cc(C23CCC(CN(C(=O)C4CCC(OC(=O)N5CC(O)C5)CC4)c4cc(-c5cnn(C(C)(C)C)c5)ncn4)(CC2)CC3)cc1C. The fourth-order valence-electron chi connectivity index (χ4n) is 9.06. The van der Waals surface area contributed by atoms with E-state index >= 15 is 0 Å². The molecule has 0 radical (unpaired) electrons. The van der Waals surface area contributed by atoms with Crippen LogP contribution in [0.15, 0.2) is 36.9 Å². The molecule has 1 saturated heterocycles. The van der Waals surface area contributed by atoms with E-state index in [0.29, 0.717) is 51.1 Å². The first kappa shape index (κ1) is 35.4. The number of aryl methyl sites for hydroxylation is 2. The number of nitrogens with zero attached hydrogens (tertiary/aromatic N) is 6. The number of aliphatic hydroxyl groups excluding tert-OH is 1. The van der Waals surface area contributed by atoms with Gasteiger partial charge in [0.05, 0.1) is 43.7 Å². The van der Waals surface area contributed by atoms with Crippen molar-refractivity contribution in [3.8, 4) is 17.0 Å². The zero-order valence-corrected chi connectivity index (χ0v) is 31.2. The molecule has 3 aromatic rings. The van der Waals surface area contributed by atoms with E-state index in [1.54, 1.807) is 13.4 Å². The van der Waals surface area contributed by atoms with Gasteiger partial charge in [-0.1, -0.05) is 12.1 Å². The molecule has 2 bridgehead atoms. The van der Waals surface area contributed by atoms with Crippen molar-refractivity contribution in [1.82, 2.24) is 24.6 Å². The summed E-state index contributed by atoms with van der Waals surface area (Å²) < 4.78 is 13.4. The predicted octanol–water partition coefficient (Wildman–Crippen LogP) is 6.72.